The second kappa shape index (κ2) is 6.36. The molecule has 4 aliphatic carbocycles. The zero-order valence-electron chi connectivity index (χ0n) is 15.2. The van der Waals surface area contributed by atoms with Crippen LogP contribution in [0.2, 0.25) is 0 Å². The van der Waals surface area contributed by atoms with Gasteiger partial charge >= 0.3 is 0 Å². The van der Waals surface area contributed by atoms with E-state index in [9.17, 15) is 9.18 Å². The summed E-state index contributed by atoms with van der Waals surface area (Å²) in [5, 5.41) is 0. The first-order valence-corrected chi connectivity index (χ1v) is 9.94. The molecule has 4 heteroatoms. The lowest BCUT2D eigenvalue weighted by Crippen LogP contribution is -2.43. The molecule has 2 N–H and O–H groups in total. The number of rotatable bonds is 4. The number of nitrogens with two attached hydrogens (primary N) is 1. The van der Waals surface area contributed by atoms with Crippen LogP contribution in [0.5, 0.6) is 11.5 Å². The van der Waals surface area contributed by atoms with Crippen LogP contribution in [0.4, 0.5) is 4.39 Å². The number of halogens is 1. The third kappa shape index (κ3) is 3.01. The summed E-state index contributed by atoms with van der Waals surface area (Å²) in [5.41, 5.74) is 6.72. The monoisotopic (exact) mass is 365 g/mol. The Kier molecular flexibility index (Phi) is 3.96. The molecule has 0 radical (unpaired) electrons. The molecule has 4 saturated carbocycles. The molecule has 2 aromatic rings. The molecule has 0 aromatic heterocycles. The summed E-state index contributed by atoms with van der Waals surface area (Å²) in [5.74, 6) is 3.76. The van der Waals surface area contributed by atoms with Crippen LogP contribution in [0.3, 0.4) is 0 Å². The zero-order chi connectivity index (χ0) is 18.5. The van der Waals surface area contributed by atoms with Gasteiger partial charge in [0.1, 0.15) is 5.75 Å². The predicted octanol–water partition coefficient (Wildman–Crippen LogP) is 5.26. The van der Waals surface area contributed by atoms with Gasteiger partial charge in [-0.15, -0.1) is 0 Å². The van der Waals surface area contributed by atoms with E-state index in [4.69, 9.17) is 10.5 Å². The van der Waals surface area contributed by atoms with Crippen LogP contribution >= 0.6 is 0 Å². The molecule has 0 heterocycles. The van der Waals surface area contributed by atoms with Gasteiger partial charge in [0.05, 0.1) is 0 Å². The van der Waals surface area contributed by atoms with Crippen LogP contribution in [-0.2, 0) is 0 Å². The van der Waals surface area contributed by atoms with Gasteiger partial charge in [0.2, 0.25) is 5.91 Å². The SMILES string of the molecule is NC(=O)c1ccc(Oc2ccc(C3C4CC5CC(C4)CC3C5)cc2)c(F)c1. The first-order valence-electron chi connectivity index (χ1n) is 9.94. The second-order valence-electron chi connectivity index (χ2n) is 8.64. The van der Waals surface area contributed by atoms with Crippen LogP contribution in [-0.4, -0.2) is 5.91 Å². The lowest BCUT2D eigenvalue weighted by Gasteiger charge is -2.54. The van der Waals surface area contributed by atoms with Crippen molar-refractivity contribution < 1.29 is 13.9 Å². The molecule has 4 bridgehead atoms. The van der Waals surface area contributed by atoms with Crippen LogP contribution in [0.25, 0.3) is 0 Å². The number of ether oxygens (including phenoxy) is 1. The highest BCUT2D eigenvalue weighted by atomic mass is 19.1. The summed E-state index contributed by atoms with van der Waals surface area (Å²) >= 11 is 0. The summed E-state index contributed by atoms with van der Waals surface area (Å²) in [6.45, 7) is 0. The van der Waals surface area contributed by atoms with Gasteiger partial charge in [0.15, 0.2) is 11.6 Å². The molecule has 0 unspecified atom stereocenters. The molecule has 0 atom stereocenters. The number of benzene rings is 2. The van der Waals surface area contributed by atoms with Gasteiger partial charge in [-0.25, -0.2) is 4.39 Å². The number of amides is 1. The largest absolute Gasteiger partial charge is 0.454 e. The van der Waals surface area contributed by atoms with Crippen molar-refractivity contribution in [1.82, 2.24) is 0 Å². The molecular weight excluding hydrogens is 341 g/mol. The van der Waals surface area contributed by atoms with Crippen molar-refractivity contribution in [2.45, 2.75) is 38.0 Å². The molecule has 27 heavy (non-hydrogen) atoms. The summed E-state index contributed by atoms with van der Waals surface area (Å²) in [7, 11) is 0. The van der Waals surface area contributed by atoms with E-state index in [-0.39, 0.29) is 11.3 Å². The Morgan fingerprint density at radius 3 is 2.11 bits per heavy atom. The van der Waals surface area contributed by atoms with E-state index in [1.54, 1.807) is 0 Å². The Morgan fingerprint density at radius 1 is 0.926 bits per heavy atom. The number of carbonyl (C=O) groups is 1. The number of hydrogen-bond donors (Lipinski definition) is 1. The van der Waals surface area contributed by atoms with Gasteiger partial charge in [-0.2, -0.15) is 0 Å². The molecule has 140 valence electrons. The third-order valence-corrected chi connectivity index (χ3v) is 6.94. The molecule has 4 aliphatic rings. The Labute approximate surface area is 158 Å². The highest BCUT2D eigenvalue weighted by molar-refractivity contribution is 5.92. The first-order chi connectivity index (χ1) is 13.1. The Hall–Kier alpha value is -2.36. The molecule has 6 rings (SSSR count). The average molecular weight is 365 g/mol. The summed E-state index contributed by atoms with van der Waals surface area (Å²) in [4.78, 5) is 11.1. The molecule has 0 spiro atoms. The van der Waals surface area contributed by atoms with E-state index in [0.29, 0.717) is 11.7 Å². The van der Waals surface area contributed by atoms with E-state index in [1.165, 1.54) is 49.8 Å². The fourth-order valence-electron chi connectivity index (χ4n) is 6.09. The topological polar surface area (TPSA) is 52.3 Å². The zero-order valence-corrected chi connectivity index (χ0v) is 15.2. The van der Waals surface area contributed by atoms with Gasteiger partial charge in [-0.3, -0.25) is 4.79 Å². The van der Waals surface area contributed by atoms with Crippen molar-refractivity contribution >= 4 is 5.91 Å². The van der Waals surface area contributed by atoms with Gasteiger partial charge in [-0.1, -0.05) is 12.1 Å². The van der Waals surface area contributed by atoms with E-state index >= 15 is 0 Å². The van der Waals surface area contributed by atoms with E-state index in [1.807, 2.05) is 12.1 Å². The Bertz CT molecular complexity index is 848. The molecule has 0 aliphatic heterocycles. The number of hydrogen-bond acceptors (Lipinski definition) is 2. The van der Waals surface area contributed by atoms with E-state index in [2.05, 4.69) is 12.1 Å². The van der Waals surface area contributed by atoms with Gasteiger partial charge in [-0.05, 0) is 97.6 Å². The number of primary amides is 1. The summed E-state index contributed by atoms with van der Waals surface area (Å²) in [6, 6.07) is 12.2. The van der Waals surface area contributed by atoms with Gasteiger partial charge in [0, 0.05) is 5.56 Å². The van der Waals surface area contributed by atoms with Crippen molar-refractivity contribution in [1.29, 1.82) is 0 Å². The van der Waals surface area contributed by atoms with Crippen molar-refractivity contribution in [3.63, 3.8) is 0 Å². The maximum atomic E-state index is 14.1. The highest BCUT2D eigenvalue weighted by Crippen LogP contribution is 2.59. The minimum atomic E-state index is -0.652. The normalized spacial score (nSPS) is 31.1. The van der Waals surface area contributed by atoms with E-state index in [0.717, 1.165) is 29.7 Å². The summed E-state index contributed by atoms with van der Waals surface area (Å²) < 4.78 is 19.8. The maximum Gasteiger partial charge on any atom is 0.248 e. The first kappa shape index (κ1) is 16.8. The van der Waals surface area contributed by atoms with Crippen LogP contribution in [0.15, 0.2) is 42.5 Å². The van der Waals surface area contributed by atoms with Crippen molar-refractivity contribution in [3.05, 3.63) is 59.4 Å². The maximum absolute atomic E-state index is 14.1. The molecule has 4 fully saturated rings. The van der Waals surface area contributed by atoms with Crippen LogP contribution in [0, 0.1) is 29.5 Å². The molecule has 2 aromatic carbocycles. The van der Waals surface area contributed by atoms with Gasteiger partial charge < -0.3 is 10.5 Å². The minimum Gasteiger partial charge on any atom is -0.454 e. The minimum absolute atomic E-state index is 0.0994. The quantitative estimate of drug-likeness (QED) is 0.804. The van der Waals surface area contributed by atoms with Gasteiger partial charge in [0.25, 0.3) is 0 Å². The molecule has 0 saturated heterocycles. The fourth-order valence-corrected chi connectivity index (χ4v) is 6.09. The Morgan fingerprint density at radius 2 is 1.56 bits per heavy atom. The lowest BCUT2D eigenvalue weighted by atomic mass is 9.51. The van der Waals surface area contributed by atoms with Crippen molar-refractivity contribution in [3.8, 4) is 11.5 Å². The van der Waals surface area contributed by atoms with Crippen molar-refractivity contribution in [2.24, 2.45) is 29.4 Å². The average Bonchev–Trinajstić information content (AvgIpc) is 2.63. The number of carbonyl (C=O) groups excluding carboxylic acids is 1. The predicted molar refractivity (Wildman–Crippen MR) is 101 cm³/mol. The van der Waals surface area contributed by atoms with Crippen LogP contribution < -0.4 is 10.5 Å². The molecular formula is C23H24FNO2. The smallest absolute Gasteiger partial charge is 0.248 e. The highest BCUT2D eigenvalue weighted by Gasteiger charge is 2.48. The molecule has 3 nitrogen and oxygen atoms in total. The lowest BCUT2D eigenvalue weighted by molar-refractivity contribution is -0.00279. The fraction of sp³-hybridized carbons (Fsp3) is 0.435. The van der Waals surface area contributed by atoms with Crippen molar-refractivity contribution in [2.75, 3.05) is 0 Å². The second-order valence-corrected chi connectivity index (χ2v) is 8.64. The Balaban J connectivity index is 1.33. The third-order valence-electron chi connectivity index (χ3n) is 6.94. The standard InChI is InChI=1S/C23H24FNO2/c24-20-12-16(23(25)26)3-6-21(20)27-19-4-1-15(2-5-19)22-17-8-13-7-14(10-17)11-18(22)9-13/h1-6,12-14,17-18,22H,7-11H2,(H2,25,26). The summed E-state index contributed by atoms with van der Waals surface area (Å²) in [6.07, 6.45) is 7.05. The molecule has 1 amide bonds. The van der Waals surface area contributed by atoms with Crippen LogP contribution in [0.1, 0.15) is 53.9 Å². The van der Waals surface area contributed by atoms with E-state index < -0.39 is 11.7 Å².